The molecule has 0 saturated heterocycles. The average molecular weight is 308 g/mol. The lowest BCUT2D eigenvalue weighted by molar-refractivity contribution is -0.385. The number of nitro groups is 1. The molecule has 110 valence electrons. The zero-order valence-electron chi connectivity index (χ0n) is 11.4. The van der Waals surface area contributed by atoms with Crippen molar-refractivity contribution in [1.82, 2.24) is 4.98 Å². The first kappa shape index (κ1) is 15.1. The Labute approximate surface area is 126 Å². The van der Waals surface area contributed by atoms with Gasteiger partial charge in [0.1, 0.15) is 6.61 Å². The Bertz CT molecular complexity index is 649. The minimum atomic E-state index is -0.506. The van der Waals surface area contributed by atoms with E-state index in [2.05, 4.69) is 10.3 Å². The molecule has 0 spiro atoms. The van der Waals surface area contributed by atoms with Gasteiger partial charge in [-0.05, 0) is 25.1 Å². The SMILES string of the molecule is CCNc1ccnc(COc2cc(Cl)ccc2[N+](=O)[O-])c1. The van der Waals surface area contributed by atoms with Gasteiger partial charge in [0, 0.05) is 35.6 Å². The number of pyridine rings is 1. The second kappa shape index (κ2) is 6.90. The van der Waals surface area contributed by atoms with Gasteiger partial charge in [0.2, 0.25) is 0 Å². The molecule has 0 unspecified atom stereocenters. The van der Waals surface area contributed by atoms with Gasteiger partial charge >= 0.3 is 5.69 Å². The van der Waals surface area contributed by atoms with Gasteiger partial charge in [0.25, 0.3) is 0 Å². The fourth-order valence-electron chi connectivity index (χ4n) is 1.78. The lowest BCUT2D eigenvalue weighted by atomic mass is 10.3. The highest BCUT2D eigenvalue weighted by Crippen LogP contribution is 2.30. The van der Waals surface area contributed by atoms with E-state index in [-0.39, 0.29) is 18.0 Å². The molecule has 1 heterocycles. The number of benzene rings is 1. The van der Waals surface area contributed by atoms with Crippen LogP contribution in [-0.2, 0) is 6.61 Å². The first-order valence-corrected chi connectivity index (χ1v) is 6.73. The second-order valence-electron chi connectivity index (χ2n) is 4.22. The Morgan fingerprint density at radius 1 is 1.38 bits per heavy atom. The fourth-order valence-corrected chi connectivity index (χ4v) is 1.94. The molecule has 0 amide bonds. The van der Waals surface area contributed by atoms with Crippen molar-refractivity contribution in [2.75, 3.05) is 11.9 Å². The van der Waals surface area contributed by atoms with E-state index < -0.39 is 4.92 Å². The molecule has 1 aromatic heterocycles. The number of ether oxygens (including phenoxy) is 1. The summed E-state index contributed by atoms with van der Waals surface area (Å²) in [5.74, 6) is 0.128. The van der Waals surface area contributed by atoms with Crippen molar-refractivity contribution >= 4 is 23.0 Å². The van der Waals surface area contributed by atoms with Crippen molar-refractivity contribution in [3.8, 4) is 5.75 Å². The van der Waals surface area contributed by atoms with Crippen molar-refractivity contribution in [2.24, 2.45) is 0 Å². The van der Waals surface area contributed by atoms with Gasteiger partial charge < -0.3 is 10.1 Å². The largest absolute Gasteiger partial charge is 0.480 e. The number of nitrogens with zero attached hydrogens (tertiary/aromatic N) is 2. The number of aromatic nitrogens is 1. The molecular formula is C14H14ClN3O3. The fraction of sp³-hybridized carbons (Fsp3) is 0.214. The number of nitro benzene ring substituents is 1. The van der Waals surface area contributed by atoms with Crippen LogP contribution in [-0.4, -0.2) is 16.5 Å². The summed E-state index contributed by atoms with van der Waals surface area (Å²) in [5, 5.41) is 14.5. The molecule has 0 fully saturated rings. The van der Waals surface area contributed by atoms with Gasteiger partial charge in [-0.3, -0.25) is 15.1 Å². The molecule has 1 N–H and O–H groups in total. The number of halogens is 1. The normalized spacial score (nSPS) is 10.2. The van der Waals surface area contributed by atoms with Crippen molar-refractivity contribution < 1.29 is 9.66 Å². The zero-order chi connectivity index (χ0) is 15.2. The molecule has 0 atom stereocenters. The third-order valence-corrected chi connectivity index (χ3v) is 2.93. The van der Waals surface area contributed by atoms with Crippen LogP contribution < -0.4 is 10.1 Å². The summed E-state index contributed by atoms with van der Waals surface area (Å²) >= 11 is 5.84. The molecule has 2 aromatic rings. The van der Waals surface area contributed by atoms with E-state index in [9.17, 15) is 10.1 Å². The first-order valence-electron chi connectivity index (χ1n) is 6.35. The number of rotatable bonds is 6. The maximum atomic E-state index is 10.9. The van der Waals surface area contributed by atoms with Gasteiger partial charge in [-0.2, -0.15) is 0 Å². The molecular weight excluding hydrogens is 294 g/mol. The summed E-state index contributed by atoms with van der Waals surface area (Å²) in [7, 11) is 0. The topological polar surface area (TPSA) is 77.3 Å². The number of anilines is 1. The molecule has 0 aliphatic heterocycles. The van der Waals surface area contributed by atoms with Crippen LogP contribution in [0.2, 0.25) is 5.02 Å². The van der Waals surface area contributed by atoms with Crippen LogP contribution in [0.1, 0.15) is 12.6 Å². The summed E-state index contributed by atoms with van der Waals surface area (Å²) in [5.41, 5.74) is 1.47. The first-order chi connectivity index (χ1) is 10.1. The van der Waals surface area contributed by atoms with Crippen LogP contribution in [0.25, 0.3) is 0 Å². The molecule has 1 aromatic carbocycles. The Morgan fingerprint density at radius 2 is 2.19 bits per heavy atom. The van der Waals surface area contributed by atoms with E-state index in [0.717, 1.165) is 12.2 Å². The maximum Gasteiger partial charge on any atom is 0.311 e. The van der Waals surface area contributed by atoms with Gasteiger partial charge in [0.15, 0.2) is 5.75 Å². The van der Waals surface area contributed by atoms with Crippen LogP contribution in [0, 0.1) is 10.1 Å². The highest BCUT2D eigenvalue weighted by Gasteiger charge is 2.15. The minimum absolute atomic E-state index is 0.123. The van der Waals surface area contributed by atoms with E-state index in [1.807, 2.05) is 19.1 Å². The van der Waals surface area contributed by atoms with Gasteiger partial charge in [-0.25, -0.2) is 0 Å². The summed E-state index contributed by atoms with van der Waals surface area (Å²) in [6.07, 6.45) is 1.66. The van der Waals surface area contributed by atoms with Crippen LogP contribution in [0.4, 0.5) is 11.4 Å². The van der Waals surface area contributed by atoms with E-state index in [4.69, 9.17) is 16.3 Å². The molecule has 0 bridgehead atoms. The minimum Gasteiger partial charge on any atom is -0.480 e. The predicted molar refractivity (Wildman–Crippen MR) is 80.8 cm³/mol. The summed E-state index contributed by atoms with van der Waals surface area (Å²) in [4.78, 5) is 14.6. The van der Waals surface area contributed by atoms with Crippen LogP contribution >= 0.6 is 11.6 Å². The van der Waals surface area contributed by atoms with E-state index in [1.165, 1.54) is 18.2 Å². The number of nitrogens with one attached hydrogen (secondary N) is 1. The van der Waals surface area contributed by atoms with Crippen molar-refractivity contribution in [3.63, 3.8) is 0 Å². The highest BCUT2D eigenvalue weighted by molar-refractivity contribution is 6.30. The monoisotopic (exact) mass is 307 g/mol. The molecule has 6 nitrogen and oxygen atoms in total. The maximum absolute atomic E-state index is 10.9. The third-order valence-electron chi connectivity index (χ3n) is 2.69. The third kappa shape index (κ3) is 4.06. The number of hydrogen-bond acceptors (Lipinski definition) is 5. The molecule has 0 saturated carbocycles. The smallest absolute Gasteiger partial charge is 0.311 e. The Hall–Kier alpha value is -2.34. The zero-order valence-corrected chi connectivity index (χ0v) is 12.1. The molecule has 7 heteroatoms. The average Bonchev–Trinajstić information content (AvgIpc) is 2.45. The lowest BCUT2D eigenvalue weighted by Crippen LogP contribution is -2.03. The Kier molecular flexibility index (Phi) is 4.94. The summed E-state index contributed by atoms with van der Waals surface area (Å²) in [6, 6.07) is 7.87. The van der Waals surface area contributed by atoms with E-state index in [0.29, 0.717) is 10.7 Å². The summed E-state index contributed by atoms with van der Waals surface area (Å²) in [6.45, 7) is 2.91. The van der Waals surface area contributed by atoms with Gasteiger partial charge in [-0.15, -0.1) is 0 Å². The number of hydrogen-bond donors (Lipinski definition) is 1. The molecule has 0 radical (unpaired) electrons. The van der Waals surface area contributed by atoms with E-state index in [1.54, 1.807) is 6.20 Å². The molecule has 21 heavy (non-hydrogen) atoms. The van der Waals surface area contributed by atoms with Gasteiger partial charge in [-0.1, -0.05) is 11.6 Å². The quantitative estimate of drug-likeness (QED) is 0.651. The molecule has 0 aliphatic rings. The molecule has 2 rings (SSSR count). The lowest BCUT2D eigenvalue weighted by Gasteiger charge is -2.08. The Balaban J connectivity index is 2.14. The highest BCUT2D eigenvalue weighted by atomic mass is 35.5. The van der Waals surface area contributed by atoms with Crippen LogP contribution in [0.5, 0.6) is 5.75 Å². The summed E-state index contributed by atoms with van der Waals surface area (Å²) < 4.78 is 5.48. The standard InChI is InChI=1S/C14H14ClN3O3/c1-2-16-11-5-6-17-12(8-11)9-21-14-7-10(15)3-4-13(14)18(19)20/h3-8H,2,9H2,1H3,(H,16,17). The van der Waals surface area contributed by atoms with Crippen molar-refractivity contribution in [2.45, 2.75) is 13.5 Å². The van der Waals surface area contributed by atoms with Gasteiger partial charge in [0.05, 0.1) is 10.6 Å². The molecule has 0 aliphatic carbocycles. The van der Waals surface area contributed by atoms with E-state index >= 15 is 0 Å². The van der Waals surface area contributed by atoms with Crippen LogP contribution in [0.3, 0.4) is 0 Å². The van der Waals surface area contributed by atoms with Crippen molar-refractivity contribution in [3.05, 3.63) is 57.4 Å². The Morgan fingerprint density at radius 3 is 2.90 bits per heavy atom. The predicted octanol–water partition coefficient (Wildman–Crippen LogP) is 3.65. The second-order valence-corrected chi connectivity index (χ2v) is 4.66. The van der Waals surface area contributed by atoms with Crippen molar-refractivity contribution in [1.29, 1.82) is 0 Å². The van der Waals surface area contributed by atoms with Crippen LogP contribution in [0.15, 0.2) is 36.5 Å².